The summed E-state index contributed by atoms with van der Waals surface area (Å²) in [6.45, 7) is 1.00. The minimum absolute atomic E-state index is 0.141. The molecule has 142 valence electrons. The van der Waals surface area contributed by atoms with Crippen LogP contribution in [0.5, 0.6) is 5.75 Å². The fourth-order valence-electron chi connectivity index (χ4n) is 3.14. The van der Waals surface area contributed by atoms with Crippen LogP contribution in [0, 0.1) is 0 Å². The quantitative estimate of drug-likeness (QED) is 0.542. The van der Waals surface area contributed by atoms with Gasteiger partial charge in [0, 0.05) is 21.3 Å². The van der Waals surface area contributed by atoms with Gasteiger partial charge >= 0.3 is 0 Å². The van der Waals surface area contributed by atoms with Crippen LogP contribution in [0.15, 0.2) is 77.8 Å². The lowest BCUT2D eigenvalue weighted by molar-refractivity contribution is 0.328. The molecule has 1 unspecified atom stereocenters. The van der Waals surface area contributed by atoms with Crippen molar-refractivity contribution < 1.29 is 4.74 Å². The Bertz CT molecular complexity index is 992. The monoisotopic (exact) mass is 411 g/mol. The largest absolute Gasteiger partial charge is 0.492 e. The molecule has 1 aliphatic heterocycles. The standard InChI is InChI=1S/C22H19Cl2N3O/c23-15-10-11-20-18(14-15)21(17-8-4-5-9-19(17)24)27-22(26-20)25-12-13-28-16-6-2-1-3-7-16/h1-11,14,21H,12-13H2,(H2,25,26,27). The third-order valence-corrected chi connectivity index (χ3v) is 5.03. The summed E-state index contributed by atoms with van der Waals surface area (Å²) in [5, 5.41) is 8.13. The zero-order valence-corrected chi connectivity index (χ0v) is 16.5. The molecule has 1 heterocycles. The van der Waals surface area contributed by atoms with E-state index in [2.05, 4.69) is 15.6 Å². The van der Waals surface area contributed by atoms with E-state index in [0.717, 1.165) is 22.6 Å². The SMILES string of the molecule is Clc1ccc2c(c1)C(c1ccccc1Cl)NC(=NCCOc1ccccc1)N2. The molecule has 1 atom stereocenters. The topological polar surface area (TPSA) is 45.7 Å². The smallest absolute Gasteiger partial charge is 0.196 e. The second-order valence-corrected chi connectivity index (χ2v) is 7.19. The van der Waals surface area contributed by atoms with Gasteiger partial charge in [-0.25, -0.2) is 4.99 Å². The average Bonchev–Trinajstić information content (AvgIpc) is 2.72. The minimum atomic E-state index is -0.141. The van der Waals surface area contributed by atoms with E-state index in [1.165, 1.54) is 0 Å². The summed E-state index contributed by atoms with van der Waals surface area (Å²) < 4.78 is 5.71. The molecule has 0 fully saturated rings. The van der Waals surface area contributed by atoms with E-state index in [0.29, 0.717) is 29.2 Å². The number of benzene rings is 3. The van der Waals surface area contributed by atoms with Crippen LogP contribution < -0.4 is 15.4 Å². The van der Waals surface area contributed by atoms with E-state index in [4.69, 9.17) is 27.9 Å². The summed E-state index contributed by atoms with van der Waals surface area (Å²) >= 11 is 12.7. The van der Waals surface area contributed by atoms with Crippen LogP contribution in [-0.2, 0) is 0 Å². The fourth-order valence-corrected chi connectivity index (χ4v) is 3.57. The summed E-state index contributed by atoms with van der Waals surface area (Å²) in [4.78, 5) is 4.62. The molecule has 0 amide bonds. The lowest BCUT2D eigenvalue weighted by Crippen LogP contribution is -2.40. The first-order valence-electron chi connectivity index (χ1n) is 9.00. The number of anilines is 1. The Balaban J connectivity index is 1.54. The number of aliphatic imine (C=N–C) groups is 1. The number of para-hydroxylation sites is 1. The van der Waals surface area contributed by atoms with Crippen LogP contribution in [-0.4, -0.2) is 19.1 Å². The van der Waals surface area contributed by atoms with Crippen molar-refractivity contribution in [1.29, 1.82) is 0 Å². The van der Waals surface area contributed by atoms with Crippen molar-refractivity contribution in [2.24, 2.45) is 4.99 Å². The van der Waals surface area contributed by atoms with Crippen molar-refractivity contribution >= 4 is 34.8 Å². The van der Waals surface area contributed by atoms with E-state index in [-0.39, 0.29) is 6.04 Å². The lowest BCUT2D eigenvalue weighted by atomic mass is 9.95. The second-order valence-electron chi connectivity index (χ2n) is 6.35. The number of nitrogens with one attached hydrogen (secondary N) is 2. The zero-order chi connectivity index (χ0) is 19.3. The molecule has 0 spiro atoms. The summed E-state index contributed by atoms with van der Waals surface area (Å²) in [6.07, 6.45) is 0. The molecule has 0 aliphatic carbocycles. The Morgan fingerprint density at radius 1 is 0.893 bits per heavy atom. The first kappa shape index (κ1) is 18.7. The molecule has 2 N–H and O–H groups in total. The molecule has 0 saturated heterocycles. The van der Waals surface area contributed by atoms with E-state index in [1.54, 1.807) is 0 Å². The number of halogens is 2. The first-order valence-corrected chi connectivity index (χ1v) is 9.76. The van der Waals surface area contributed by atoms with E-state index in [1.807, 2.05) is 72.8 Å². The number of hydrogen-bond donors (Lipinski definition) is 2. The van der Waals surface area contributed by atoms with Crippen molar-refractivity contribution in [1.82, 2.24) is 5.32 Å². The van der Waals surface area contributed by atoms with Crippen LogP contribution in [0.1, 0.15) is 17.2 Å². The van der Waals surface area contributed by atoms with E-state index in [9.17, 15) is 0 Å². The summed E-state index contributed by atoms with van der Waals surface area (Å²) in [7, 11) is 0. The van der Waals surface area contributed by atoms with Crippen LogP contribution in [0.3, 0.4) is 0 Å². The van der Waals surface area contributed by atoms with Gasteiger partial charge in [0.2, 0.25) is 0 Å². The average molecular weight is 412 g/mol. The predicted molar refractivity (Wildman–Crippen MR) is 116 cm³/mol. The molecule has 28 heavy (non-hydrogen) atoms. The fraction of sp³-hybridized carbons (Fsp3) is 0.136. The number of guanidine groups is 1. The number of hydrogen-bond acceptors (Lipinski definition) is 2. The Hall–Kier alpha value is -2.69. The Morgan fingerprint density at radius 2 is 1.68 bits per heavy atom. The first-order chi connectivity index (χ1) is 13.7. The normalized spacial score (nSPS) is 16.8. The van der Waals surface area contributed by atoms with Gasteiger partial charge in [-0.3, -0.25) is 0 Å². The van der Waals surface area contributed by atoms with Gasteiger partial charge in [-0.05, 0) is 42.0 Å². The van der Waals surface area contributed by atoms with Crippen molar-refractivity contribution in [3.63, 3.8) is 0 Å². The molecule has 4 nitrogen and oxygen atoms in total. The Kier molecular flexibility index (Phi) is 5.70. The zero-order valence-electron chi connectivity index (χ0n) is 15.0. The van der Waals surface area contributed by atoms with Gasteiger partial charge in [-0.1, -0.05) is 59.6 Å². The highest BCUT2D eigenvalue weighted by atomic mass is 35.5. The molecular weight excluding hydrogens is 393 g/mol. The summed E-state index contributed by atoms with van der Waals surface area (Å²) in [5.41, 5.74) is 2.96. The van der Waals surface area contributed by atoms with Gasteiger partial charge in [0.25, 0.3) is 0 Å². The molecule has 6 heteroatoms. The number of fused-ring (bicyclic) bond motifs is 1. The minimum Gasteiger partial charge on any atom is -0.492 e. The maximum atomic E-state index is 6.45. The predicted octanol–water partition coefficient (Wildman–Crippen LogP) is 5.53. The molecule has 4 rings (SSSR count). The molecule has 0 saturated carbocycles. The van der Waals surface area contributed by atoms with Crippen molar-refractivity contribution in [2.45, 2.75) is 6.04 Å². The highest BCUT2D eigenvalue weighted by molar-refractivity contribution is 6.31. The Labute approximate surface area is 174 Å². The van der Waals surface area contributed by atoms with Gasteiger partial charge in [0.05, 0.1) is 12.6 Å². The van der Waals surface area contributed by atoms with Gasteiger partial charge in [0.15, 0.2) is 5.96 Å². The third-order valence-electron chi connectivity index (χ3n) is 4.45. The highest BCUT2D eigenvalue weighted by Gasteiger charge is 2.26. The van der Waals surface area contributed by atoms with Crippen LogP contribution in [0.25, 0.3) is 0 Å². The van der Waals surface area contributed by atoms with Crippen LogP contribution >= 0.6 is 23.2 Å². The van der Waals surface area contributed by atoms with E-state index >= 15 is 0 Å². The highest BCUT2D eigenvalue weighted by Crippen LogP contribution is 2.36. The van der Waals surface area contributed by atoms with Gasteiger partial charge in [-0.15, -0.1) is 0 Å². The molecule has 3 aromatic rings. The summed E-state index contributed by atoms with van der Waals surface area (Å²) in [5.74, 6) is 1.51. The van der Waals surface area contributed by atoms with Crippen molar-refractivity contribution in [3.8, 4) is 5.75 Å². The van der Waals surface area contributed by atoms with Gasteiger partial charge in [0.1, 0.15) is 12.4 Å². The second kappa shape index (κ2) is 8.55. The molecule has 0 aromatic heterocycles. The number of nitrogens with zero attached hydrogens (tertiary/aromatic N) is 1. The number of ether oxygens (including phenoxy) is 1. The lowest BCUT2D eigenvalue weighted by Gasteiger charge is -2.30. The Morgan fingerprint density at radius 3 is 2.50 bits per heavy atom. The number of rotatable bonds is 5. The van der Waals surface area contributed by atoms with Gasteiger partial charge < -0.3 is 15.4 Å². The van der Waals surface area contributed by atoms with Crippen LogP contribution in [0.4, 0.5) is 5.69 Å². The molecule has 0 bridgehead atoms. The summed E-state index contributed by atoms with van der Waals surface area (Å²) in [6, 6.07) is 23.1. The molecule has 1 aliphatic rings. The van der Waals surface area contributed by atoms with Crippen molar-refractivity contribution in [3.05, 3.63) is 94.0 Å². The van der Waals surface area contributed by atoms with E-state index < -0.39 is 0 Å². The van der Waals surface area contributed by atoms with Gasteiger partial charge in [-0.2, -0.15) is 0 Å². The maximum Gasteiger partial charge on any atom is 0.196 e. The third kappa shape index (κ3) is 4.24. The maximum absolute atomic E-state index is 6.45. The van der Waals surface area contributed by atoms with Crippen LogP contribution in [0.2, 0.25) is 10.0 Å². The molecule has 3 aromatic carbocycles. The molecule has 0 radical (unpaired) electrons. The van der Waals surface area contributed by atoms with Crippen molar-refractivity contribution in [2.75, 3.05) is 18.5 Å². The molecular formula is C22H19Cl2N3O.